The van der Waals surface area contributed by atoms with Crippen molar-refractivity contribution >= 4 is 28.4 Å². The lowest BCUT2D eigenvalue weighted by molar-refractivity contribution is -0.120. The van der Waals surface area contributed by atoms with Gasteiger partial charge in [-0.3, -0.25) is 4.79 Å². The van der Waals surface area contributed by atoms with Crippen molar-refractivity contribution in [1.29, 1.82) is 0 Å². The quantitative estimate of drug-likeness (QED) is 0.921. The Kier molecular flexibility index (Phi) is 2.85. The lowest BCUT2D eigenvalue weighted by atomic mass is 10.1. The Bertz CT molecular complexity index is 544. The number of carbonyl (C=O) groups is 2. The number of aromatic nitrogens is 1. The lowest BCUT2D eigenvalue weighted by Gasteiger charge is -2.16. The Labute approximate surface area is 115 Å². The first kappa shape index (κ1) is 12.6. The van der Waals surface area contributed by atoms with Crippen LogP contribution in [-0.2, 0) is 4.79 Å². The van der Waals surface area contributed by atoms with E-state index in [0.717, 1.165) is 24.4 Å². The van der Waals surface area contributed by atoms with Crippen molar-refractivity contribution in [2.24, 2.45) is 17.8 Å². The second-order valence-electron chi connectivity index (χ2n) is 5.43. The van der Waals surface area contributed by atoms with Gasteiger partial charge < -0.3 is 10.0 Å². The highest BCUT2D eigenvalue weighted by Gasteiger charge is 2.57. The highest BCUT2D eigenvalue weighted by Crippen LogP contribution is 2.58. The number of carboxylic acid groups (broad SMARTS) is 1. The monoisotopic (exact) mass is 280 g/mol. The standard InChI is InChI=1S/C13H16N2O3S/c1-6-9(13(17)18)12(19-14-6)15(2)11(16)10-7-4-3-5-8(7)10/h7-8,10H,3-5H2,1-2H3,(H,17,18). The number of hydrogen-bond acceptors (Lipinski definition) is 4. The van der Waals surface area contributed by atoms with Crippen molar-refractivity contribution in [1.82, 2.24) is 4.37 Å². The molecule has 6 heteroatoms. The maximum Gasteiger partial charge on any atom is 0.340 e. The van der Waals surface area contributed by atoms with Gasteiger partial charge in [0.25, 0.3) is 0 Å². The fraction of sp³-hybridized carbons (Fsp3) is 0.615. The Morgan fingerprint density at radius 2 is 2.00 bits per heavy atom. The largest absolute Gasteiger partial charge is 0.478 e. The Morgan fingerprint density at radius 3 is 2.58 bits per heavy atom. The minimum Gasteiger partial charge on any atom is -0.478 e. The molecule has 0 spiro atoms. The number of amides is 1. The molecule has 2 saturated carbocycles. The Hall–Kier alpha value is -1.43. The van der Waals surface area contributed by atoms with Crippen LogP contribution in [0.15, 0.2) is 0 Å². The van der Waals surface area contributed by atoms with Gasteiger partial charge in [-0.15, -0.1) is 0 Å². The number of hydrogen-bond donors (Lipinski definition) is 1. The molecule has 2 fully saturated rings. The summed E-state index contributed by atoms with van der Waals surface area (Å²) in [5, 5.41) is 9.67. The minimum absolute atomic E-state index is 0.0563. The van der Waals surface area contributed by atoms with Gasteiger partial charge in [-0.05, 0) is 43.1 Å². The van der Waals surface area contributed by atoms with Crippen LogP contribution in [0.2, 0.25) is 0 Å². The van der Waals surface area contributed by atoms with E-state index in [-0.39, 0.29) is 17.4 Å². The van der Waals surface area contributed by atoms with E-state index >= 15 is 0 Å². The summed E-state index contributed by atoms with van der Waals surface area (Å²) in [6.07, 6.45) is 3.51. The third-order valence-corrected chi connectivity index (χ3v) is 5.40. The van der Waals surface area contributed by atoms with Gasteiger partial charge in [-0.1, -0.05) is 6.42 Å². The van der Waals surface area contributed by atoms with Crippen molar-refractivity contribution in [2.75, 3.05) is 11.9 Å². The second-order valence-corrected chi connectivity index (χ2v) is 6.19. The molecule has 2 aliphatic rings. The van der Waals surface area contributed by atoms with E-state index in [4.69, 9.17) is 0 Å². The van der Waals surface area contributed by atoms with E-state index in [9.17, 15) is 14.7 Å². The zero-order valence-electron chi connectivity index (χ0n) is 10.9. The van der Waals surface area contributed by atoms with Crippen LogP contribution in [0, 0.1) is 24.7 Å². The van der Waals surface area contributed by atoms with Crippen molar-refractivity contribution in [3.05, 3.63) is 11.3 Å². The topological polar surface area (TPSA) is 70.5 Å². The van der Waals surface area contributed by atoms with E-state index in [0.29, 0.717) is 22.5 Å². The highest BCUT2D eigenvalue weighted by molar-refractivity contribution is 7.11. The van der Waals surface area contributed by atoms with Gasteiger partial charge in [-0.2, -0.15) is 4.37 Å². The normalized spacial score (nSPS) is 28.0. The van der Waals surface area contributed by atoms with Gasteiger partial charge in [0.2, 0.25) is 5.91 Å². The van der Waals surface area contributed by atoms with Crippen molar-refractivity contribution < 1.29 is 14.7 Å². The van der Waals surface area contributed by atoms with Crippen LogP contribution in [0.4, 0.5) is 5.00 Å². The van der Waals surface area contributed by atoms with Crippen molar-refractivity contribution in [3.8, 4) is 0 Å². The molecule has 19 heavy (non-hydrogen) atoms. The summed E-state index contributed by atoms with van der Waals surface area (Å²) in [4.78, 5) is 25.2. The fourth-order valence-corrected chi connectivity index (χ4v) is 4.20. The molecule has 0 aliphatic heterocycles. The lowest BCUT2D eigenvalue weighted by Crippen LogP contribution is -2.29. The molecule has 1 N–H and O–H groups in total. The van der Waals surface area contributed by atoms with Crippen LogP contribution in [-0.4, -0.2) is 28.4 Å². The molecule has 1 amide bonds. The maximum absolute atomic E-state index is 12.4. The van der Waals surface area contributed by atoms with Crippen molar-refractivity contribution in [3.63, 3.8) is 0 Å². The first-order chi connectivity index (χ1) is 9.02. The van der Waals surface area contributed by atoms with Gasteiger partial charge in [-0.25, -0.2) is 4.79 Å². The maximum atomic E-state index is 12.4. The van der Waals surface area contributed by atoms with E-state index < -0.39 is 5.97 Å². The molecule has 2 atom stereocenters. The number of aromatic carboxylic acids is 1. The van der Waals surface area contributed by atoms with Gasteiger partial charge in [0.15, 0.2) is 0 Å². The van der Waals surface area contributed by atoms with Crippen molar-refractivity contribution in [2.45, 2.75) is 26.2 Å². The average molecular weight is 280 g/mol. The van der Waals surface area contributed by atoms with E-state index in [1.165, 1.54) is 11.3 Å². The summed E-state index contributed by atoms with van der Waals surface area (Å²) < 4.78 is 4.06. The Morgan fingerprint density at radius 1 is 1.37 bits per heavy atom. The highest BCUT2D eigenvalue weighted by atomic mass is 32.1. The van der Waals surface area contributed by atoms with Crippen LogP contribution in [0.1, 0.15) is 35.3 Å². The van der Waals surface area contributed by atoms with E-state index in [1.54, 1.807) is 14.0 Å². The molecule has 0 saturated heterocycles. The summed E-state index contributed by atoms with van der Waals surface area (Å²) in [7, 11) is 1.66. The zero-order chi connectivity index (χ0) is 13.7. The summed E-state index contributed by atoms with van der Waals surface area (Å²) in [5.41, 5.74) is 0.634. The molecular weight excluding hydrogens is 264 g/mol. The number of carbonyl (C=O) groups excluding carboxylic acids is 1. The predicted octanol–water partition coefficient (Wildman–Crippen LogP) is 2.16. The molecule has 0 radical (unpaired) electrons. The number of anilines is 1. The second kappa shape index (κ2) is 4.30. The fourth-order valence-electron chi connectivity index (χ4n) is 3.34. The Balaban J connectivity index is 1.82. The number of fused-ring (bicyclic) bond motifs is 1. The number of nitrogens with zero attached hydrogens (tertiary/aromatic N) is 2. The summed E-state index contributed by atoms with van der Waals surface area (Å²) in [6.45, 7) is 1.66. The smallest absolute Gasteiger partial charge is 0.340 e. The first-order valence-electron chi connectivity index (χ1n) is 6.49. The molecule has 3 rings (SSSR count). The average Bonchev–Trinajstić information content (AvgIpc) is 2.76. The van der Waals surface area contributed by atoms with Gasteiger partial charge >= 0.3 is 5.97 Å². The zero-order valence-corrected chi connectivity index (χ0v) is 11.7. The SMILES string of the molecule is Cc1nsc(N(C)C(=O)C2C3CCCC32)c1C(=O)O. The summed E-state index contributed by atoms with van der Waals surface area (Å²) in [5.74, 6) is 0.232. The number of aryl methyl sites for hydroxylation is 1. The summed E-state index contributed by atoms with van der Waals surface area (Å²) in [6, 6.07) is 0. The molecule has 2 aliphatic carbocycles. The van der Waals surface area contributed by atoms with Gasteiger partial charge in [0.05, 0.1) is 5.69 Å². The van der Waals surface area contributed by atoms with Crippen LogP contribution in [0.3, 0.4) is 0 Å². The van der Waals surface area contributed by atoms with Crippen LogP contribution in [0.5, 0.6) is 0 Å². The minimum atomic E-state index is -1.02. The molecule has 2 unspecified atom stereocenters. The molecule has 0 bridgehead atoms. The number of rotatable bonds is 3. The van der Waals surface area contributed by atoms with Crippen LogP contribution >= 0.6 is 11.5 Å². The van der Waals surface area contributed by atoms with Gasteiger partial charge in [0.1, 0.15) is 10.6 Å². The third kappa shape index (κ3) is 1.85. The molecule has 0 aromatic carbocycles. The first-order valence-corrected chi connectivity index (χ1v) is 7.27. The van der Waals surface area contributed by atoms with Crippen LogP contribution in [0.25, 0.3) is 0 Å². The third-order valence-electron chi connectivity index (χ3n) is 4.39. The molecule has 1 heterocycles. The molecule has 1 aromatic heterocycles. The molecular formula is C13H16N2O3S. The molecule has 1 aromatic rings. The molecule has 102 valence electrons. The van der Waals surface area contributed by atoms with Crippen LogP contribution < -0.4 is 4.90 Å². The molecule has 5 nitrogen and oxygen atoms in total. The van der Waals surface area contributed by atoms with E-state index in [2.05, 4.69) is 4.37 Å². The predicted molar refractivity (Wildman–Crippen MR) is 71.5 cm³/mol. The summed E-state index contributed by atoms with van der Waals surface area (Å²) >= 11 is 1.09. The number of carboxylic acids is 1. The van der Waals surface area contributed by atoms with Gasteiger partial charge in [0, 0.05) is 13.0 Å². The van der Waals surface area contributed by atoms with E-state index in [1.807, 2.05) is 0 Å².